The van der Waals surface area contributed by atoms with E-state index in [0.717, 1.165) is 0 Å². The minimum absolute atomic E-state index is 0.198. The van der Waals surface area contributed by atoms with Crippen LogP contribution in [0.15, 0.2) is 52.4 Å². The van der Waals surface area contributed by atoms with E-state index in [-0.39, 0.29) is 11.5 Å². The highest BCUT2D eigenvalue weighted by Crippen LogP contribution is 2.25. The van der Waals surface area contributed by atoms with E-state index in [0.29, 0.717) is 44.9 Å². The van der Waals surface area contributed by atoms with Crippen LogP contribution in [0.3, 0.4) is 0 Å². The van der Waals surface area contributed by atoms with E-state index in [1.165, 1.54) is 16.3 Å². The molecule has 1 heterocycles. The summed E-state index contributed by atoms with van der Waals surface area (Å²) in [5.74, 6) is -0.212. The minimum Gasteiger partial charge on any atom is -0.383 e. The molecule has 1 atom stereocenters. The molecule has 2 aromatic carbocycles. The average Bonchev–Trinajstić information content (AvgIpc) is 2.69. The molecule has 0 spiro atoms. The maximum Gasteiger partial charge on any atom is 0.262 e. The van der Waals surface area contributed by atoms with Crippen molar-refractivity contribution < 1.29 is 9.53 Å². The van der Waals surface area contributed by atoms with Gasteiger partial charge in [-0.25, -0.2) is 4.98 Å². The fourth-order valence-electron chi connectivity index (χ4n) is 2.63. The van der Waals surface area contributed by atoms with Gasteiger partial charge in [-0.2, -0.15) is 0 Å². The Morgan fingerprint density at radius 1 is 1.21 bits per heavy atom. The van der Waals surface area contributed by atoms with Crippen LogP contribution < -0.4 is 10.9 Å². The standard InChI is InChI=1S/C20H19Cl2N3O3S/c1-12(18(26)23-15-6-3-13(21)4-7-15)29-20-24-17-11-14(22)5-8-16(17)19(27)25(20)9-10-28-2/h3-8,11-12H,9-10H2,1-2H3,(H,23,26)/t12-/m0/s1. The molecule has 0 saturated carbocycles. The van der Waals surface area contributed by atoms with Crippen LogP contribution in [0.25, 0.3) is 10.9 Å². The van der Waals surface area contributed by atoms with Crippen LogP contribution in [-0.2, 0) is 16.1 Å². The van der Waals surface area contributed by atoms with Gasteiger partial charge in [-0.15, -0.1) is 0 Å². The van der Waals surface area contributed by atoms with Gasteiger partial charge in [0.15, 0.2) is 5.16 Å². The number of halogens is 2. The van der Waals surface area contributed by atoms with Crippen LogP contribution in [0.4, 0.5) is 5.69 Å². The number of hydrogen-bond acceptors (Lipinski definition) is 5. The number of benzene rings is 2. The highest BCUT2D eigenvalue weighted by Gasteiger charge is 2.20. The SMILES string of the molecule is COCCn1c(S[C@@H](C)C(=O)Nc2ccc(Cl)cc2)nc2cc(Cl)ccc2c1=O. The lowest BCUT2D eigenvalue weighted by Gasteiger charge is -2.16. The Morgan fingerprint density at radius 3 is 2.59 bits per heavy atom. The number of nitrogens with zero attached hydrogens (tertiary/aromatic N) is 2. The van der Waals surface area contributed by atoms with E-state index in [1.54, 1.807) is 56.5 Å². The van der Waals surface area contributed by atoms with Gasteiger partial charge in [-0.3, -0.25) is 14.2 Å². The summed E-state index contributed by atoms with van der Waals surface area (Å²) in [5, 5.41) is 4.31. The molecule has 0 aliphatic carbocycles. The Kier molecular flexibility index (Phi) is 7.18. The predicted molar refractivity (Wildman–Crippen MR) is 118 cm³/mol. The van der Waals surface area contributed by atoms with Crippen molar-refractivity contribution in [3.8, 4) is 0 Å². The van der Waals surface area contributed by atoms with Crippen molar-refractivity contribution in [2.75, 3.05) is 19.0 Å². The van der Waals surface area contributed by atoms with Gasteiger partial charge in [-0.1, -0.05) is 35.0 Å². The predicted octanol–water partition coefficient (Wildman–Crippen LogP) is 4.47. The molecule has 0 aliphatic rings. The monoisotopic (exact) mass is 451 g/mol. The Bertz CT molecular complexity index is 1090. The largest absolute Gasteiger partial charge is 0.383 e. The van der Waals surface area contributed by atoms with E-state index in [2.05, 4.69) is 10.3 Å². The number of thioether (sulfide) groups is 1. The second-order valence-electron chi connectivity index (χ2n) is 6.26. The third kappa shape index (κ3) is 5.30. The van der Waals surface area contributed by atoms with Crippen molar-refractivity contribution in [2.24, 2.45) is 0 Å². The van der Waals surface area contributed by atoms with Crippen LogP contribution in [0.1, 0.15) is 6.92 Å². The van der Waals surface area contributed by atoms with Crippen molar-refractivity contribution in [1.29, 1.82) is 0 Å². The second kappa shape index (κ2) is 9.63. The molecule has 9 heteroatoms. The zero-order valence-electron chi connectivity index (χ0n) is 15.8. The molecule has 152 valence electrons. The Balaban J connectivity index is 1.89. The number of carbonyl (C=O) groups excluding carboxylic acids is 1. The number of aromatic nitrogens is 2. The van der Waals surface area contributed by atoms with Gasteiger partial charge in [0.1, 0.15) is 0 Å². The number of amides is 1. The highest BCUT2D eigenvalue weighted by atomic mass is 35.5. The maximum atomic E-state index is 12.9. The number of hydrogen-bond donors (Lipinski definition) is 1. The summed E-state index contributed by atoms with van der Waals surface area (Å²) in [4.78, 5) is 30.1. The first-order chi connectivity index (χ1) is 13.9. The lowest BCUT2D eigenvalue weighted by Crippen LogP contribution is -2.28. The van der Waals surface area contributed by atoms with E-state index in [9.17, 15) is 9.59 Å². The van der Waals surface area contributed by atoms with Gasteiger partial charge in [-0.05, 0) is 49.4 Å². The van der Waals surface area contributed by atoms with Gasteiger partial charge >= 0.3 is 0 Å². The molecule has 0 unspecified atom stereocenters. The quantitative estimate of drug-likeness (QED) is 0.423. The number of anilines is 1. The Labute approximate surface area is 182 Å². The Hall–Kier alpha value is -2.06. The number of ether oxygens (including phenoxy) is 1. The summed E-state index contributed by atoms with van der Waals surface area (Å²) in [6.45, 7) is 2.43. The normalized spacial score (nSPS) is 12.1. The molecule has 29 heavy (non-hydrogen) atoms. The van der Waals surface area contributed by atoms with Crippen molar-refractivity contribution in [3.63, 3.8) is 0 Å². The number of rotatable bonds is 7. The zero-order valence-corrected chi connectivity index (χ0v) is 18.1. The number of methoxy groups -OCH3 is 1. The molecule has 6 nitrogen and oxygen atoms in total. The van der Waals surface area contributed by atoms with Crippen LogP contribution in [-0.4, -0.2) is 34.4 Å². The molecular weight excluding hydrogens is 433 g/mol. The topological polar surface area (TPSA) is 73.2 Å². The summed E-state index contributed by atoms with van der Waals surface area (Å²) in [7, 11) is 1.56. The zero-order chi connectivity index (χ0) is 21.0. The molecule has 3 aromatic rings. The molecule has 0 aliphatic heterocycles. The number of nitrogens with one attached hydrogen (secondary N) is 1. The average molecular weight is 452 g/mol. The van der Waals surface area contributed by atoms with Crippen molar-refractivity contribution in [2.45, 2.75) is 23.9 Å². The van der Waals surface area contributed by atoms with E-state index in [4.69, 9.17) is 27.9 Å². The summed E-state index contributed by atoms with van der Waals surface area (Å²) in [5.41, 5.74) is 0.933. The van der Waals surface area contributed by atoms with Crippen molar-refractivity contribution >= 4 is 57.5 Å². The van der Waals surface area contributed by atoms with Crippen LogP contribution in [0.5, 0.6) is 0 Å². The van der Waals surface area contributed by atoms with Gasteiger partial charge < -0.3 is 10.1 Å². The number of carbonyl (C=O) groups is 1. The third-order valence-corrected chi connectivity index (χ3v) is 5.74. The van der Waals surface area contributed by atoms with Gasteiger partial charge in [0.05, 0.1) is 29.3 Å². The minimum atomic E-state index is -0.497. The lowest BCUT2D eigenvalue weighted by atomic mass is 10.2. The molecule has 3 rings (SSSR count). The molecule has 0 bridgehead atoms. The molecule has 1 amide bonds. The van der Waals surface area contributed by atoms with Gasteiger partial charge in [0.2, 0.25) is 5.91 Å². The first-order valence-corrected chi connectivity index (χ1v) is 10.4. The first kappa shape index (κ1) is 21.6. The van der Waals surface area contributed by atoms with E-state index in [1.807, 2.05) is 0 Å². The molecular formula is C20H19Cl2N3O3S. The highest BCUT2D eigenvalue weighted by molar-refractivity contribution is 8.00. The van der Waals surface area contributed by atoms with Gasteiger partial charge in [0.25, 0.3) is 5.56 Å². The van der Waals surface area contributed by atoms with Gasteiger partial charge in [0, 0.05) is 22.8 Å². The second-order valence-corrected chi connectivity index (χ2v) is 8.44. The number of fused-ring (bicyclic) bond motifs is 1. The lowest BCUT2D eigenvalue weighted by molar-refractivity contribution is -0.115. The summed E-state index contributed by atoms with van der Waals surface area (Å²) >= 11 is 13.1. The van der Waals surface area contributed by atoms with Crippen LogP contribution in [0, 0.1) is 0 Å². The smallest absolute Gasteiger partial charge is 0.262 e. The maximum absolute atomic E-state index is 12.9. The molecule has 1 aromatic heterocycles. The van der Waals surface area contributed by atoms with E-state index < -0.39 is 5.25 Å². The van der Waals surface area contributed by atoms with Crippen molar-refractivity contribution in [1.82, 2.24) is 9.55 Å². The summed E-state index contributed by atoms with van der Waals surface area (Å²) in [6.07, 6.45) is 0. The first-order valence-electron chi connectivity index (χ1n) is 8.81. The summed E-state index contributed by atoms with van der Waals surface area (Å²) < 4.78 is 6.64. The Morgan fingerprint density at radius 2 is 1.90 bits per heavy atom. The molecule has 0 fully saturated rings. The molecule has 0 radical (unpaired) electrons. The molecule has 1 N–H and O–H groups in total. The summed E-state index contributed by atoms with van der Waals surface area (Å²) in [6, 6.07) is 11.8. The van der Waals surface area contributed by atoms with Crippen LogP contribution in [0.2, 0.25) is 10.0 Å². The fraction of sp³-hybridized carbons (Fsp3) is 0.250. The van der Waals surface area contributed by atoms with Crippen LogP contribution >= 0.6 is 35.0 Å². The third-order valence-electron chi connectivity index (χ3n) is 4.16. The van der Waals surface area contributed by atoms with Crippen molar-refractivity contribution in [3.05, 3.63) is 62.9 Å². The van der Waals surface area contributed by atoms with E-state index >= 15 is 0 Å². The molecule has 0 saturated heterocycles. The fourth-order valence-corrected chi connectivity index (χ4v) is 3.86.